The predicted octanol–water partition coefficient (Wildman–Crippen LogP) is 2.35. The van der Waals surface area contributed by atoms with Gasteiger partial charge in [0, 0.05) is 19.0 Å². The van der Waals surface area contributed by atoms with Gasteiger partial charge in [-0.3, -0.25) is 0 Å². The number of fused-ring (bicyclic) bond motifs is 1. The summed E-state index contributed by atoms with van der Waals surface area (Å²) in [6, 6.07) is 4.16. The lowest BCUT2D eigenvalue weighted by molar-refractivity contribution is -0.00667. The molecule has 2 saturated heterocycles. The molecule has 6 nitrogen and oxygen atoms in total. The Morgan fingerprint density at radius 3 is 2.72 bits per heavy atom. The monoisotopic (exact) mass is 349 g/mol. The van der Waals surface area contributed by atoms with Crippen LogP contribution in [-0.2, 0) is 9.47 Å². The van der Waals surface area contributed by atoms with Crippen molar-refractivity contribution in [3.05, 3.63) is 24.0 Å². The van der Waals surface area contributed by atoms with Crippen molar-refractivity contribution in [2.45, 2.75) is 31.4 Å². The second-order valence-electron chi connectivity index (χ2n) is 7.53. The van der Waals surface area contributed by atoms with Crippen molar-refractivity contribution in [3.8, 4) is 0 Å². The van der Waals surface area contributed by atoms with Gasteiger partial charge in [0.25, 0.3) is 0 Å². The average molecular weight is 349 g/mol. The van der Waals surface area contributed by atoms with Crippen LogP contribution in [0.4, 0.5) is 20.6 Å². The highest BCUT2D eigenvalue weighted by Gasteiger charge is 2.69. The first-order valence-electron chi connectivity index (χ1n) is 8.77. The molecule has 2 aliphatic heterocycles. The van der Waals surface area contributed by atoms with Crippen LogP contribution in [0.15, 0.2) is 18.2 Å². The molecule has 0 aromatic heterocycles. The number of nitrogens with zero attached hydrogens (tertiary/aromatic N) is 1. The maximum Gasteiger partial charge on any atom is 0.319 e. The van der Waals surface area contributed by atoms with Crippen LogP contribution >= 0.6 is 0 Å². The van der Waals surface area contributed by atoms with Crippen molar-refractivity contribution < 1.29 is 18.7 Å². The highest BCUT2D eigenvalue weighted by atomic mass is 19.1. The van der Waals surface area contributed by atoms with Gasteiger partial charge in [-0.05, 0) is 38.5 Å². The normalized spacial score (nSPS) is 29.9. The van der Waals surface area contributed by atoms with E-state index in [9.17, 15) is 9.18 Å². The number of hydrogen-bond acceptors (Lipinski definition) is 4. The smallest absolute Gasteiger partial charge is 0.319 e. The average Bonchev–Trinajstić information content (AvgIpc) is 3.24. The van der Waals surface area contributed by atoms with E-state index in [-0.39, 0.29) is 23.0 Å². The number of urea groups is 1. The van der Waals surface area contributed by atoms with Gasteiger partial charge in [0.2, 0.25) is 0 Å². The molecule has 0 radical (unpaired) electrons. The Balaban J connectivity index is 1.50. The molecule has 4 rings (SSSR count). The molecule has 2 heterocycles. The van der Waals surface area contributed by atoms with Crippen LogP contribution in [0, 0.1) is 11.7 Å². The molecule has 2 N–H and O–H groups in total. The van der Waals surface area contributed by atoms with Crippen molar-refractivity contribution >= 4 is 17.4 Å². The van der Waals surface area contributed by atoms with Gasteiger partial charge in [0.1, 0.15) is 5.82 Å². The number of anilines is 2. The summed E-state index contributed by atoms with van der Waals surface area (Å²) in [7, 11) is 0. The number of amides is 2. The van der Waals surface area contributed by atoms with E-state index in [1.165, 1.54) is 12.1 Å². The Labute approximate surface area is 146 Å². The van der Waals surface area contributed by atoms with E-state index in [1.807, 2.05) is 18.7 Å². The van der Waals surface area contributed by atoms with E-state index < -0.39 is 0 Å². The fraction of sp³-hybridized carbons (Fsp3) is 0.611. The Kier molecular flexibility index (Phi) is 3.88. The molecule has 7 heteroatoms. The topological polar surface area (TPSA) is 62.8 Å². The maximum absolute atomic E-state index is 13.7. The zero-order valence-corrected chi connectivity index (χ0v) is 14.6. The first-order chi connectivity index (χ1) is 11.9. The minimum Gasteiger partial charge on any atom is -0.378 e. The van der Waals surface area contributed by atoms with Crippen molar-refractivity contribution in [3.63, 3.8) is 0 Å². The maximum atomic E-state index is 13.7. The molecule has 2 atom stereocenters. The van der Waals surface area contributed by atoms with Crippen LogP contribution in [0.3, 0.4) is 0 Å². The molecule has 2 unspecified atom stereocenters. The summed E-state index contributed by atoms with van der Waals surface area (Å²) in [5.41, 5.74) is 0.623. The number of benzene rings is 1. The summed E-state index contributed by atoms with van der Waals surface area (Å²) in [6.07, 6.45) is 0.938. The largest absolute Gasteiger partial charge is 0.378 e. The fourth-order valence-electron chi connectivity index (χ4n) is 4.04. The van der Waals surface area contributed by atoms with Gasteiger partial charge < -0.3 is 25.0 Å². The highest BCUT2D eigenvalue weighted by molar-refractivity contribution is 5.94. The molecule has 1 saturated carbocycles. The van der Waals surface area contributed by atoms with Crippen LogP contribution in [0.1, 0.15) is 20.3 Å². The van der Waals surface area contributed by atoms with E-state index in [0.717, 1.165) is 6.42 Å². The summed E-state index contributed by atoms with van der Waals surface area (Å²) >= 11 is 0. The third kappa shape index (κ3) is 2.85. The Morgan fingerprint density at radius 1 is 1.32 bits per heavy atom. The van der Waals surface area contributed by atoms with Crippen LogP contribution in [0.5, 0.6) is 0 Å². The molecule has 1 aromatic rings. The van der Waals surface area contributed by atoms with Gasteiger partial charge in [0.15, 0.2) is 0 Å². The minimum absolute atomic E-state index is 0.276. The number of rotatable bonds is 3. The molecule has 3 aliphatic rings. The fourth-order valence-corrected chi connectivity index (χ4v) is 4.04. The Hall–Kier alpha value is -1.86. The molecule has 0 bridgehead atoms. The van der Waals surface area contributed by atoms with Gasteiger partial charge in [-0.15, -0.1) is 0 Å². The minimum atomic E-state index is -0.370. The van der Waals surface area contributed by atoms with Crippen LogP contribution in [-0.4, -0.2) is 50.1 Å². The summed E-state index contributed by atoms with van der Waals surface area (Å²) in [5.74, 6) is 0.0545. The van der Waals surface area contributed by atoms with Crippen LogP contribution in [0.2, 0.25) is 0 Å². The number of ether oxygens (including phenoxy) is 2. The Morgan fingerprint density at radius 2 is 2.08 bits per heavy atom. The van der Waals surface area contributed by atoms with Gasteiger partial charge in [-0.2, -0.15) is 0 Å². The van der Waals surface area contributed by atoms with Crippen LogP contribution in [0.25, 0.3) is 0 Å². The second kappa shape index (κ2) is 5.85. The number of hydrogen-bond donors (Lipinski definition) is 2. The number of carbonyl (C=O) groups is 1. The predicted molar refractivity (Wildman–Crippen MR) is 92.5 cm³/mol. The lowest BCUT2D eigenvalue weighted by Crippen LogP contribution is -2.52. The molecule has 25 heavy (non-hydrogen) atoms. The van der Waals surface area contributed by atoms with E-state index in [0.29, 0.717) is 50.2 Å². The van der Waals surface area contributed by atoms with Crippen molar-refractivity contribution in [1.82, 2.24) is 5.32 Å². The SMILES string of the molecule is CC1(C)OCC2CC21NC(=O)Nc1ccc(F)cc1N1CCOCC1. The molecule has 136 valence electrons. The van der Waals surface area contributed by atoms with E-state index in [1.54, 1.807) is 6.07 Å². The second-order valence-corrected chi connectivity index (χ2v) is 7.53. The molecule has 3 fully saturated rings. The van der Waals surface area contributed by atoms with Gasteiger partial charge in [0.05, 0.1) is 42.3 Å². The van der Waals surface area contributed by atoms with E-state index in [4.69, 9.17) is 9.47 Å². The van der Waals surface area contributed by atoms with E-state index >= 15 is 0 Å². The molecular formula is C18H24FN3O3. The first-order valence-corrected chi connectivity index (χ1v) is 8.77. The summed E-state index contributed by atoms with van der Waals surface area (Å²) in [5, 5.41) is 6.00. The Bertz CT molecular complexity index is 690. The van der Waals surface area contributed by atoms with E-state index in [2.05, 4.69) is 10.6 Å². The molecule has 1 aromatic carbocycles. The van der Waals surface area contributed by atoms with Gasteiger partial charge >= 0.3 is 6.03 Å². The summed E-state index contributed by atoms with van der Waals surface area (Å²) < 4.78 is 24.9. The van der Waals surface area contributed by atoms with Gasteiger partial charge in [-0.25, -0.2) is 9.18 Å². The third-order valence-corrected chi connectivity index (χ3v) is 5.72. The van der Waals surface area contributed by atoms with Gasteiger partial charge in [-0.1, -0.05) is 0 Å². The molecule has 0 spiro atoms. The standard InChI is InChI=1S/C18H24FN3O3/c1-17(2)18(10-12(18)11-25-17)21-16(23)20-14-4-3-13(19)9-15(14)22-5-7-24-8-6-22/h3-4,9,12H,5-8,10-11H2,1-2H3,(H2,20,21,23). The molecular weight excluding hydrogens is 325 g/mol. The number of nitrogens with one attached hydrogen (secondary N) is 2. The van der Waals surface area contributed by atoms with Crippen molar-refractivity contribution in [2.75, 3.05) is 43.1 Å². The van der Waals surface area contributed by atoms with Crippen molar-refractivity contribution in [1.29, 1.82) is 0 Å². The summed E-state index contributed by atoms with van der Waals surface area (Å²) in [4.78, 5) is 14.6. The molecule has 1 aliphatic carbocycles. The first kappa shape index (κ1) is 16.6. The van der Waals surface area contributed by atoms with Crippen molar-refractivity contribution in [2.24, 2.45) is 5.92 Å². The number of halogens is 1. The lowest BCUT2D eigenvalue weighted by Gasteiger charge is -2.32. The highest BCUT2D eigenvalue weighted by Crippen LogP contribution is 2.57. The quantitative estimate of drug-likeness (QED) is 0.879. The number of carbonyl (C=O) groups excluding carboxylic acids is 1. The third-order valence-electron chi connectivity index (χ3n) is 5.72. The zero-order chi connectivity index (χ0) is 17.7. The summed E-state index contributed by atoms with van der Waals surface area (Å²) in [6.45, 7) is 7.24. The van der Waals surface area contributed by atoms with Crippen LogP contribution < -0.4 is 15.5 Å². The number of morpholine rings is 1. The lowest BCUT2D eigenvalue weighted by atomic mass is 9.96. The zero-order valence-electron chi connectivity index (χ0n) is 14.6. The molecule has 2 amide bonds.